The van der Waals surface area contributed by atoms with Crippen molar-refractivity contribution in [3.8, 4) is 32.8 Å². The molecule has 33 heavy (non-hydrogen) atoms. The number of likely N-dealkylation sites (N-methyl/N-ethyl adjacent to an activating group) is 1. The van der Waals surface area contributed by atoms with Gasteiger partial charge in [-0.1, -0.05) is 18.2 Å². The molecule has 1 aliphatic rings. The number of hydrogen-bond donors (Lipinski definition) is 1. The van der Waals surface area contributed by atoms with Gasteiger partial charge in [0, 0.05) is 11.8 Å². The van der Waals surface area contributed by atoms with Gasteiger partial charge in [-0.3, -0.25) is 4.79 Å². The molecular weight excluding hydrogens is 432 g/mol. The second-order valence-corrected chi connectivity index (χ2v) is 9.82. The summed E-state index contributed by atoms with van der Waals surface area (Å²) < 4.78 is 5.74. The molecule has 0 radical (unpaired) electrons. The van der Waals surface area contributed by atoms with Gasteiger partial charge in [-0.05, 0) is 75.7 Å². The third-order valence-corrected chi connectivity index (χ3v) is 6.63. The summed E-state index contributed by atoms with van der Waals surface area (Å²) in [6.07, 6.45) is 3.73. The van der Waals surface area contributed by atoms with E-state index in [2.05, 4.69) is 34.6 Å². The number of amides is 1. The van der Waals surface area contributed by atoms with Gasteiger partial charge in [0.1, 0.15) is 16.8 Å². The van der Waals surface area contributed by atoms with Gasteiger partial charge in [0.05, 0.1) is 29.1 Å². The fourth-order valence-electron chi connectivity index (χ4n) is 4.20. The van der Waals surface area contributed by atoms with Crippen LogP contribution in [-0.2, 0) is 11.2 Å². The van der Waals surface area contributed by atoms with E-state index in [0.29, 0.717) is 17.9 Å². The Morgan fingerprint density at radius 1 is 1.33 bits per heavy atom. The number of aromatic nitrogens is 1. The van der Waals surface area contributed by atoms with Crippen LogP contribution < -0.4 is 10.1 Å². The fourth-order valence-corrected chi connectivity index (χ4v) is 5.17. The molecule has 0 spiro atoms. The predicted octanol–water partition coefficient (Wildman–Crippen LogP) is 4.80. The Balaban J connectivity index is 1.59. The minimum atomic E-state index is 0.00563. The molecule has 1 N–H and O–H groups in total. The normalized spacial score (nSPS) is 14.9. The van der Waals surface area contributed by atoms with Crippen molar-refractivity contribution < 1.29 is 9.53 Å². The van der Waals surface area contributed by atoms with E-state index in [4.69, 9.17) is 4.74 Å². The van der Waals surface area contributed by atoms with E-state index in [-0.39, 0.29) is 18.1 Å². The first-order valence-corrected chi connectivity index (χ1v) is 11.9. The molecule has 2 aromatic carbocycles. The van der Waals surface area contributed by atoms with Crippen LogP contribution in [-0.4, -0.2) is 42.5 Å². The SMILES string of the molecule is CC(C)Oc1ccc(-c2ncc(-c3cccc4c3CC[C@H]4NC(=O)CN(C)C)s2)cc1C#N. The van der Waals surface area contributed by atoms with Gasteiger partial charge in [-0.25, -0.2) is 4.98 Å². The van der Waals surface area contributed by atoms with Gasteiger partial charge < -0.3 is 15.0 Å². The van der Waals surface area contributed by atoms with Gasteiger partial charge in [0.2, 0.25) is 5.91 Å². The van der Waals surface area contributed by atoms with Gasteiger partial charge in [0.15, 0.2) is 0 Å². The van der Waals surface area contributed by atoms with E-state index >= 15 is 0 Å². The topological polar surface area (TPSA) is 78.2 Å². The van der Waals surface area contributed by atoms with E-state index in [9.17, 15) is 10.1 Å². The maximum atomic E-state index is 12.3. The summed E-state index contributed by atoms with van der Waals surface area (Å²) in [6.45, 7) is 4.27. The number of nitrogens with one attached hydrogen (secondary N) is 1. The number of ether oxygens (including phenoxy) is 1. The average Bonchev–Trinajstić information content (AvgIpc) is 3.41. The Bertz CT molecular complexity index is 1210. The molecule has 1 amide bonds. The highest BCUT2D eigenvalue weighted by molar-refractivity contribution is 7.18. The summed E-state index contributed by atoms with van der Waals surface area (Å²) >= 11 is 1.61. The summed E-state index contributed by atoms with van der Waals surface area (Å²) in [5.74, 6) is 0.637. The van der Waals surface area contributed by atoms with Crippen molar-refractivity contribution in [1.82, 2.24) is 15.2 Å². The van der Waals surface area contributed by atoms with Crippen molar-refractivity contribution in [2.75, 3.05) is 20.6 Å². The van der Waals surface area contributed by atoms with Crippen molar-refractivity contribution >= 4 is 17.2 Å². The Hall–Kier alpha value is -3.21. The molecule has 6 nitrogen and oxygen atoms in total. The Morgan fingerprint density at radius 3 is 2.88 bits per heavy atom. The third kappa shape index (κ3) is 5.08. The van der Waals surface area contributed by atoms with Crippen LogP contribution in [0, 0.1) is 11.3 Å². The third-order valence-electron chi connectivity index (χ3n) is 5.55. The molecule has 0 saturated carbocycles. The fraction of sp³-hybridized carbons (Fsp3) is 0.346. The lowest BCUT2D eigenvalue weighted by molar-refractivity contribution is -0.122. The molecule has 1 aromatic heterocycles. The zero-order valence-electron chi connectivity index (χ0n) is 19.4. The predicted molar refractivity (Wildman–Crippen MR) is 131 cm³/mol. The first kappa shape index (κ1) is 23.0. The van der Waals surface area contributed by atoms with Gasteiger partial charge >= 0.3 is 0 Å². The standard InChI is InChI=1S/C26H28N4O2S/c1-16(2)32-23-11-8-17(12-18(23)13-27)26-28-14-24(33-26)21-7-5-6-20-19(21)9-10-22(20)29-25(31)15-30(3)4/h5-8,11-12,14,16,22H,9-10,15H2,1-4H3,(H,29,31)/t22-/m1/s1. The van der Waals surface area contributed by atoms with Crippen LogP contribution in [0.4, 0.5) is 0 Å². The Labute approximate surface area is 198 Å². The van der Waals surface area contributed by atoms with Crippen molar-refractivity contribution in [3.05, 3.63) is 59.3 Å². The molecule has 1 aliphatic carbocycles. The van der Waals surface area contributed by atoms with Crippen LogP contribution in [0.1, 0.15) is 43.0 Å². The monoisotopic (exact) mass is 460 g/mol. The number of thiazole rings is 1. The van der Waals surface area contributed by atoms with Crippen LogP contribution in [0.25, 0.3) is 21.0 Å². The van der Waals surface area contributed by atoms with Crippen LogP contribution >= 0.6 is 11.3 Å². The number of carbonyl (C=O) groups excluding carboxylic acids is 1. The molecule has 7 heteroatoms. The van der Waals surface area contributed by atoms with E-state index in [0.717, 1.165) is 28.3 Å². The lowest BCUT2D eigenvalue weighted by Gasteiger charge is -2.16. The first-order chi connectivity index (χ1) is 15.9. The molecule has 4 rings (SSSR count). The van der Waals surface area contributed by atoms with Crippen LogP contribution in [0.15, 0.2) is 42.6 Å². The van der Waals surface area contributed by atoms with Crippen molar-refractivity contribution in [3.63, 3.8) is 0 Å². The molecule has 0 saturated heterocycles. The maximum absolute atomic E-state index is 12.3. The lowest BCUT2D eigenvalue weighted by Crippen LogP contribution is -2.35. The number of carbonyl (C=O) groups is 1. The van der Waals surface area contributed by atoms with E-state index < -0.39 is 0 Å². The number of nitriles is 1. The maximum Gasteiger partial charge on any atom is 0.234 e. The van der Waals surface area contributed by atoms with Gasteiger partial charge in [-0.15, -0.1) is 11.3 Å². The molecule has 0 bridgehead atoms. The molecule has 0 unspecified atom stereocenters. The first-order valence-electron chi connectivity index (χ1n) is 11.1. The minimum absolute atomic E-state index is 0.00563. The quantitative estimate of drug-likeness (QED) is 0.548. The van der Waals surface area contributed by atoms with Gasteiger partial charge in [-0.2, -0.15) is 5.26 Å². The largest absolute Gasteiger partial charge is 0.490 e. The molecule has 0 aliphatic heterocycles. The summed E-state index contributed by atoms with van der Waals surface area (Å²) in [7, 11) is 3.79. The Kier molecular flexibility index (Phi) is 6.77. The number of benzene rings is 2. The molecule has 3 aromatic rings. The highest BCUT2D eigenvalue weighted by atomic mass is 32.1. The highest BCUT2D eigenvalue weighted by Gasteiger charge is 2.27. The summed E-state index contributed by atoms with van der Waals surface area (Å²) in [5.41, 5.74) is 5.05. The molecule has 1 atom stereocenters. The van der Waals surface area contributed by atoms with Gasteiger partial charge in [0.25, 0.3) is 0 Å². The summed E-state index contributed by atoms with van der Waals surface area (Å²) in [5, 5.41) is 13.6. The minimum Gasteiger partial charge on any atom is -0.490 e. The summed E-state index contributed by atoms with van der Waals surface area (Å²) in [6, 6.07) is 14.2. The zero-order valence-corrected chi connectivity index (χ0v) is 20.2. The molecule has 0 fully saturated rings. The van der Waals surface area contributed by atoms with Crippen LogP contribution in [0.3, 0.4) is 0 Å². The second kappa shape index (κ2) is 9.74. The average molecular weight is 461 g/mol. The van der Waals surface area contributed by atoms with Crippen molar-refractivity contribution in [2.45, 2.75) is 38.8 Å². The van der Waals surface area contributed by atoms with Crippen molar-refractivity contribution in [1.29, 1.82) is 5.26 Å². The zero-order chi connectivity index (χ0) is 23.5. The highest BCUT2D eigenvalue weighted by Crippen LogP contribution is 2.41. The van der Waals surface area contributed by atoms with E-state index in [1.54, 1.807) is 11.3 Å². The van der Waals surface area contributed by atoms with Crippen LogP contribution in [0.2, 0.25) is 0 Å². The van der Waals surface area contributed by atoms with E-state index in [1.807, 2.05) is 57.2 Å². The molecule has 1 heterocycles. The smallest absolute Gasteiger partial charge is 0.234 e. The number of hydrogen-bond acceptors (Lipinski definition) is 6. The molecular formula is C26H28N4O2S. The van der Waals surface area contributed by atoms with E-state index in [1.165, 1.54) is 16.7 Å². The molecule has 170 valence electrons. The number of fused-ring (bicyclic) bond motifs is 1. The number of rotatable bonds is 7. The lowest BCUT2D eigenvalue weighted by atomic mass is 10.0. The van der Waals surface area contributed by atoms with Crippen LogP contribution in [0.5, 0.6) is 5.75 Å². The summed E-state index contributed by atoms with van der Waals surface area (Å²) in [4.78, 5) is 19.9. The Morgan fingerprint density at radius 2 is 2.15 bits per heavy atom. The van der Waals surface area contributed by atoms with Crippen molar-refractivity contribution in [2.24, 2.45) is 0 Å². The second-order valence-electron chi connectivity index (χ2n) is 8.79. The number of nitrogens with zero attached hydrogens (tertiary/aromatic N) is 3.